The molecule has 224 valence electrons. The predicted molar refractivity (Wildman–Crippen MR) is 149 cm³/mol. The van der Waals surface area contributed by atoms with Crippen LogP contribution in [0.25, 0.3) is 0 Å². The number of hydrogen-bond acceptors (Lipinski definition) is 9. The molecule has 0 radical (unpaired) electrons. The zero-order valence-electron chi connectivity index (χ0n) is 23.7. The van der Waals surface area contributed by atoms with Crippen LogP contribution in [0, 0.1) is 15.9 Å². The number of rotatable bonds is 14. The molecule has 2 aromatic rings. The van der Waals surface area contributed by atoms with E-state index in [0.717, 1.165) is 0 Å². The molecule has 12 nitrogen and oxygen atoms in total. The predicted octanol–water partition coefficient (Wildman–Crippen LogP) is 4.87. The number of likely N-dealkylation sites (N-methyl/N-ethyl adjacent to an activating group) is 1. The van der Waals surface area contributed by atoms with E-state index in [1.165, 1.54) is 24.3 Å². The van der Waals surface area contributed by atoms with E-state index in [-0.39, 0.29) is 37.4 Å². The SMILES string of the molecule is CN(CC(CCC(N)=O)NC(=O)OC(C)(C)C)c1cccc(CCCCOC(=O)Oc2ccc([N+](=O)[O-])cc2)c1F. The number of carbonyl (C=O) groups excluding carboxylic acids is 3. The van der Waals surface area contributed by atoms with Crippen molar-refractivity contribution < 1.29 is 37.9 Å². The Balaban J connectivity index is 1.88. The molecule has 0 aliphatic carbocycles. The smallest absolute Gasteiger partial charge is 0.444 e. The van der Waals surface area contributed by atoms with Crippen LogP contribution in [0.1, 0.15) is 52.0 Å². The molecule has 41 heavy (non-hydrogen) atoms. The number of halogens is 1. The number of anilines is 1. The first-order chi connectivity index (χ1) is 19.2. The number of non-ortho nitro benzene ring substituents is 1. The van der Waals surface area contributed by atoms with Gasteiger partial charge in [0.05, 0.1) is 23.3 Å². The zero-order chi connectivity index (χ0) is 30.6. The first kappa shape index (κ1) is 32.8. The van der Waals surface area contributed by atoms with E-state index in [0.29, 0.717) is 30.5 Å². The Kier molecular flexibility index (Phi) is 12.3. The molecular weight excluding hydrogens is 539 g/mol. The highest BCUT2D eigenvalue weighted by Crippen LogP contribution is 2.24. The molecule has 0 aliphatic heterocycles. The number of hydrogen-bond donors (Lipinski definition) is 2. The minimum atomic E-state index is -0.945. The maximum Gasteiger partial charge on any atom is 0.513 e. The lowest BCUT2D eigenvalue weighted by atomic mass is 10.1. The number of ether oxygens (including phenoxy) is 3. The zero-order valence-corrected chi connectivity index (χ0v) is 23.7. The van der Waals surface area contributed by atoms with Crippen LogP contribution < -0.4 is 20.7 Å². The molecule has 13 heteroatoms. The third-order valence-corrected chi connectivity index (χ3v) is 5.73. The van der Waals surface area contributed by atoms with E-state index in [4.69, 9.17) is 19.9 Å². The summed E-state index contributed by atoms with van der Waals surface area (Å²) in [5, 5.41) is 13.4. The average molecular weight is 577 g/mol. The van der Waals surface area contributed by atoms with Crippen molar-refractivity contribution in [1.29, 1.82) is 0 Å². The highest BCUT2D eigenvalue weighted by molar-refractivity contribution is 5.74. The molecule has 0 saturated carbocycles. The van der Waals surface area contributed by atoms with Crippen LogP contribution in [0.15, 0.2) is 42.5 Å². The number of nitrogens with two attached hydrogens (primary N) is 1. The van der Waals surface area contributed by atoms with Crippen LogP contribution in [0.4, 0.5) is 25.4 Å². The lowest BCUT2D eigenvalue weighted by Crippen LogP contribution is -2.45. The number of benzene rings is 2. The maximum atomic E-state index is 15.4. The molecule has 2 aromatic carbocycles. The monoisotopic (exact) mass is 576 g/mol. The summed E-state index contributed by atoms with van der Waals surface area (Å²) in [6, 6.07) is 9.49. The fourth-order valence-electron chi connectivity index (χ4n) is 3.82. The van der Waals surface area contributed by atoms with Crippen molar-refractivity contribution in [2.45, 2.75) is 64.5 Å². The van der Waals surface area contributed by atoms with E-state index in [2.05, 4.69) is 5.32 Å². The summed E-state index contributed by atoms with van der Waals surface area (Å²) in [7, 11) is 1.68. The van der Waals surface area contributed by atoms with Gasteiger partial charge in [-0.2, -0.15) is 0 Å². The molecule has 0 saturated heterocycles. The Labute approximate surface area is 238 Å². The largest absolute Gasteiger partial charge is 0.513 e. The second-order valence-electron chi connectivity index (χ2n) is 10.4. The van der Waals surface area contributed by atoms with Crippen LogP contribution in [-0.2, 0) is 20.7 Å². The number of alkyl carbamates (subject to hydrolysis) is 1. The highest BCUT2D eigenvalue weighted by atomic mass is 19.1. The number of aryl methyl sites for hydroxylation is 1. The normalized spacial score (nSPS) is 11.7. The lowest BCUT2D eigenvalue weighted by Gasteiger charge is -2.28. The number of nitro benzene ring substituents is 1. The molecular formula is C28H37FN4O8. The van der Waals surface area contributed by atoms with E-state index in [9.17, 15) is 24.5 Å². The van der Waals surface area contributed by atoms with Gasteiger partial charge >= 0.3 is 12.2 Å². The van der Waals surface area contributed by atoms with Gasteiger partial charge in [-0.05, 0) is 70.2 Å². The van der Waals surface area contributed by atoms with Gasteiger partial charge in [0.2, 0.25) is 5.91 Å². The second kappa shape index (κ2) is 15.4. The van der Waals surface area contributed by atoms with Gasteiger partial charge in [0.25, 0.3) is 5.69 Å². The first-order valence-electron chi connectivity index (χ1n) is 13.1. The second-order valence-corrected chi connectivity index (χ2v) is 10.4. The number of carbonyl (C=O) groups is 3. The van der Waals surface area contributed by atoms with Gasteiger partial charge in [0.1, 0.15) is 17.2 Å². The summed E-state index contributed by atoms with van der Waals surface area (Å²) in [6.45, 7) is 5.45. The van der Waals surface area contributed by atoms with Crippen LogP contribution >= 0.6 is 0 Å². The Morgan fingerprint density at radius 3 is 2.41 bits per heavy atom. The Morgan fingerprint density at radius 2 is 1.80 bits per heavy atom. The summed E-state index contributed by atoms with van der Waals surface area (Å²) >= 11 is 0. The van der Waals surface area contributed by atoms with Crippen molar-refractivity contribution in [2.24, 2.45) is 5.73 Å². The molecule has 1 unspecified atom stereocenters. The van der Waals surface area contributed by atoms with Gasteiger partial charge in [0, 0.05) is 32.1 Å². The van der Waals surface area contributed by atoms with Crippen molar-refractivity contribution in [2.75, 3.05) is 25.1 Å². The van der Waals surface area contributed by atoms with Gasteiger partial charge in [-0.3, -0.25) is 14.9 Å². The van der Waals surface area contributed by atoms with Gasteiger partial charge in [0.15, 0.2) is 0 Å². The van der Waals surface area contributed by atoms with E-state index >= 15 is 4.39 Å². The standard InChI is InChI=1S/C28H37FN4O8/c1-28(2,3)41-26(35)31-20(11-16-24(30)34)18-32(4)23-10-7-9-19(25(23)29)8-5-6-17-39-27(36)40-22-14-12-21(13-15-22)33(37)38/h7,9-10,12-15,20H,5-6,8,11,16-18H2,1-4H3,(H2,30,34)(H,31,35). The quantitative estimate of drug-likeness (QED) is 0.105. The van der Waals surface area contributed by atoms with Gasteiger partial charge < -0.3 is 30.2 Å². The molecule has 2 rings (SSSR count). The summed E-state index contributed by atoms with van der Waals surface area (Å²) in [5.41, 5.74) is 5.23. The molecule has 0 fully saturated rings. The van der Waals surface area contributed by atoms with Crippen molar-refractivity contribution in [3.63, 3.8) is 0 Å². The lowest BCUT2D eigenvalue weighted by molar-refractivity contribution is -0.384. The van der Waals surface area contributed by atoms with E-state index in [1.54, 1.807) is 50.9 Å². The average Bonchev–Trinajstić information content (AvgIpc) is 2.87. The third kappa shape index (κ3) is 12.1. The van der Waals surface area contributed by atoms with Gasteiger partial charge in [-0.15, -0.1) is 0 Å². The highest BCUT2D eigenvalue weighted by Gasteiger charge is 2.22. The van der Waals surface area contributed by atoms with Crippen LogP contribution in [0.5, 0.6) is 5.75 Å². The van der Waals surface area contributed by atoms with Crippen LogP contribution in [0.3, 0.4) is 0 Å². The molecule has 1 atom stereocenters. The molecule has 0 spiro atoms. The van der Waals surface area contributed by atoms with Crippen molar-refractivity contribution >= 4 is 29.5 Å². The molecule has 3 N–H and O–H groups in total. The molecule has 2 amide bonds. The van der Waals surface area contributed by atoms with Crippen LogP contribution in [0.2, 0.25) is 0 Å². The van der Waals surface area contributed by atoms with E-state index in [1.807, 2.05) is 0 Å². The summed E-state index contributed by atoms with van der Waals surface area (Å²) in [5.74, 6) is -0.818. The summed E-state index contributed by atoms with van der Waals surface area (Å²) in [6.07, 6.45) is 0.0658. The van der Waals surface area contributed by atoms with Crippen molar-refractivity contribution in [3.05, 3.63) is 64.0 Å². The minimum Gasteiger partial charge on any atom is -0.444 e. The fraction of sp³-hybridized carbons (Fsp3) is 0.464. The Bertz CT molecular complexity index is 1200. The number of nitrogens with zero attached hydrogens (tertiary/aromatic N) is 2. The Hall–Kier alpha value is -4.42. The fourth-order valence-corrected chi connectivity index (χ4v) is 3.82. The topological polar surface area (TPSA) is 163 Å². The number of unbranched alkanes of at least 4 members (excludes halogenated alkanes) is 1. The number of primary amides is 1. The first-order valence-corrected chi connectivity index (χ1v) is 13.1. The number of amides is 2. The van der Waals surface area contributed by atoms with Gasteiger partial charge in [-0.1, -0.05) is 12.1 Å². The Morgan fingerprint density at radius 1 is 1.12 bits per heavy atom. The number of nitro groups is 1. The molecule has 0 aliphatic rings. The van der Waals surface area contributed by atoms with Gasteiger partial charge in [-0.25, -0.2) is 14.0 Å². The minimum absolute atomic E-state index is 0.0420. The molecule has 0 aromatic heterocycles. The van der Waals surface area contributed by atoms with Crippen molar-refractivity contribution in [1.82, 2.24) is 5.32 Å². The number of nitrogens with one attached hydrogen (secondary N) is 1. The summed E-state index contributed by atoms with van der Waals surface area (Å²) in [4.78, 5) is 47.2. The van der Waals surface area contributed by atoms with Crippen LogP contribution in [-0.4, -0.2) is 54.9 Å². The van der Waals surface area contributed by atoms with E-state index < -0.39 is 40.5 Å². The summed E-state index contributed by atoms with van der Waals surface area (Å²) < 4.78 is 30.7. The van der Waals surface area contributed by atoms with Crippen molar-refractivity contribution in [3.8, 4) is 5.75 Å². The third-order valence-electron chi connectivity index (χ3n) is 5.73. The molecule has 0 bridgehead atoms. The molecule has 0 heterocycles. The maximum absolute atomic E-state index is 15.4.